The molecule has 0 spiro atoms. The van der Waals surface area contributed by atoms with Crippen molar-refractivity contribution in [2.75, 3.05) is 0 Å². The topological polar surface area (TPSA) is 46.5 Å². The minimum absolute atomic E-state index is 0.193. The SMILES string of the molecule is CCCC(CC(O)C(Br)Br)OC(=O)C(Br)Br. The molecule has 0 amide bonds. The van der Waals surface area contributed by atoms with Crippen LogP contribution in [0.25, 0.3) is 0 Å². The Labute approximate surface area is 129 Å². The summed E-state index contributed by atoms with van der Waals surface area (Å²) in [6.45, 7) is 2.01. The lowest BCUT2D eigenvalue weighted by Gasteiger charge is -2.21. The lowest BCUT2D eigenvalue weighted by molar-refractivity contribution is -0.147. The predicted octanol–water partition coefficient (Wildman–Crippen LogP) is 3.68. The summed E-state index contributed by atoms with van der Waals surface area (Å²) in [5, 5.41) is 9.67. The molecule has 0 radical (unpaired) electrons. The number of hydrogen-bond acceptors (Lipinski definition) is 3. The van der Waals surface area contributed by atoms with Crippen LogP contribution in [0.3, 0.4) is 0 Å². The van der Waals surface area contributed by atoms with Gasteiger partial charge in [-0.05, 0) is 6.42 Å². The van der Waals surface area contributed by atoms with Crippen molar-refractivity contribution in [3.05, 3.63) is 0 Å². The Bertz CT molecular complexity index is 211. The quantitative estimate of drug-likeness (QED) is 0.438. The first-order valence-electron chi connectivity index (χ1n) is 4.83. The number of aliphatic hydroxyl groups excluding tert-OH is 1. The molecule has 0 aliphatic carbocycles. The van der Waals surface area contributed by atoms with Crippen LogP contribution in [0.4, 0.5) is 0 Å². The Hall–Kier alpha value is 1.35. The summed E-state index contributed by atoms with van der Waals surface area (Å²) in [6, 6.07) is 0. The van der Waals surface area contributed by atoms with E-state index in [1.54, 1.807) is 0 Å². The number of esters is 1. The van der Waals surface area contributed by atoms with Crippen LogP contribution in [0.1, 0.15) is 26.2 Å². The standard InChI is InChI=1S/C9H14Br4O3/c1-2-3-5(4-6(14)7(10)11)16-9(15)8(12)13/h5-8,14H,2-4H2,1H3. The maximum absolute atomic E-state index is 11.4. The summed E-state index contributed by atoms with van der Waals surface area (Å²) >= 11 is 12.6. The first-order valence-corrected chi connectivity index (χ1v) is 8.49. The van der Waals surface area contributed by atoms with Crippen molar-refractivity contribution in [1.29, 1.82) is 0 Å². The van der Waals surface area contributed by atoms with Crippen LogP contribution < -0.4 is 0 Å². The van der Waals surface area contributed by atoms with Crippen molar-refractivity contribution in [3.8, 4) is 0 Å². The fraction of sp³-hybridized carbons (Fsp3) is 0.889. The molecule has 0 bridgehead atoms. The molecule has 1 N–H and O–H groups in total. The zero-order valence-electron chi connectivity index (χ0n) is 8.71. The highest BCUT2D eigenvalue weighted by atomic mass is 79.9. The largest absolute Gasteiger partial charge is 0.461 e. The molecule has 0 aliphatic heterocycles. The summed E-state index contributed by atoms with van der Waals surface area (Å²) in [5.41, 5.74) is 0. The van der Waals surface area contributed by atoms with Gasteiger partial charge in [0.2, 0.25) is 0 Å². The molecule has 2 atom stereocenters. The van der Waals surface area contributed by atoms with Gasteiger partial charge in [-0.15, -0.1) is 0 Å². The average molecular weight is 490 g/mol. The summed E-state index contributed by atoms with van der Waals surface area (Å²) < 4.78 is 4.55. The number of aliphatic hydroxyl groups is 1. The normalized spacial score (nSPS) is 15.2. The Kier molecular flexibility index (Phi) is 10.1. The van der Waals surface area contributed by atoms with Crippen LogP contribution in [0.15, 0.2) is 0 Å². The zero-order chi connectivity index (χ0) is 12.7. The number of carbonyl (C=O) groups is 1. The molecule has 0 rings (SSSR count). The molecule has 2 unspecified atom stereocenters. The average Bonchev–Trinajstić information content (AvgIpc) is 2.17. The predicted molar refractivity (Wildman–Crippen MR) is 78.7 cm³/mol. The number of ether oxygens (including phenoxy) is 1. The maximum atomic E-state index is 11.4. The van der Waals surface area contributed by atoms with Gasteiger partial charge in [-0.25, -0.2) is 4.79 Å². The summed E-state index contributed by atoms with van der Waals surface area (Å²) in [5.74, 6) is -0.369. The molecule has 16 heavy (non-hydrogen) atoms. The molecule has 0 saturated heterocycles. The van der Waals surface area contributed by atoms with Crippen LogP contribution in [0.2, 0.25) is 0 Å². The molecule has 0 heterocycles. The summed E-state index contributed by atoms with van der Waals surface area (Å²) in [6.07, 6.45) is 1.20. The summed E-state index contributed by atoms with van der Waals surface area (Å²) in [7, 11) is 0. The molecule has 0 aromatic heterocycles. The van der Waals surface area contributed by atoms with Gasteiger partial charge in [0.05, 0.1) is 9.84 Å². The number of halogens is 4. The van der Waals surface area contributed by atoms with E-state index in [4.69, 9.17) is 4.74 Å². The number of carbonyl (C=O) groups excluding carboxylic acids is 1. The molecular formula is C9H14Br4O3. The van der Waals surface area contributed by atoms with Crippen molar-refractivity contribution >= 4 is 69.7 Å². The second-order valence-corrected chi connectivity index (χ2v) is 9.55. The van der Waals surface area contributed by atoms with Crippen molar-refractivity contribution in [1.82, 2.24) is 0 Å². The van der Waals surface area contributed by atoms with Gasteiger partial charge in [-0.3, -0.25) is 0 Å². The van der Waals surface area contributed by atoms with Crippen molar-refractivity contribution < 1.29 is 14.6 Å². The lowest BCUT2D eigenvalue weighted by Crippen LogP contribution is -2.28. The van der Waals surface area contributed by atoms with Gasteiger partial charge in [0, 0.05) is 6.42 Å². The first-order chi connectivity index (χ1) is 7.38. The molecule has 0 fully saturated rings. The van der Waals surface area contributed by atoms with Gasteiger partial charge < -0.3 is 9.84 Å². The monoisotopic (exact) mass is 486 g/mol. The van der Waals surface area contributed by atoms with E-state index in [2.05, 4.69) is 63.7 Å². The van der Waals surface area contributed by atoms with Crippen LogP contribution >= 0.6 is 63.7 Å². The fourth-order valence-corrected chi connectivity index (χ4v) is 1.78. The third-order valence-electron chi connectivity index (χ3n) is 1.87. The van der Waals surface area contributed by atoms with E-state index in [0.29, 0.717) is 6.42 Å². The Balaban J connectivity index is 4.21. The minimum Gasteiger partial charge on any atom is -0.461 e. The highest BCUT2D eigenvalue weighted by molar-refractivity contribution is 9.25. The van der Waals surface area contributed by atoms with E-state index >= 15 is 0 Å². The van der Waals surface area contributed by atoms with Crippen molar-refractivity contribution in [2.24, 2.45) is 0 Å². The lowest BCUT2D eigenvalue weighted by atomic mass is 10.1. The van der Waals surface area contributed by atoms with E-state index in [1.807, 2.05) is 6.92 Å². The van der Waals surface area contributed by atoms with Gasteiger partial charge in [0.1, 0.15) is 6.10 Å². The maximum Gasteiger partial charge on any atom is 0.330 e. The van der Waals surface area contributed by atoms with Crippen LogP contribution in [-0.2, 0) is 9.53 Å². The van der Waals surface area contributed by atoms with Crippen LogP contribution in [0.5, 0.6) is 0 Å². The van der Waals surface area contributed by atoms with Gasteiger partial charge in [0.25, 0.3) is 0 Å². The molecule has 96 valence electrons. The van der Waals surface area contributed by atoms with Crippen molar-refractivity contribution in [2.45, 2.75) is 45.9 Å². The smallest absolute Gasteiger partial charge is 0.330 e. The van der Waals surface area contributed by atoms with E-state index in [9.17, 15) is 9.90 Å². The van der Waals surface area contributed by atoms with Gasteiger partial charge in [-0.1, -0.05) is 77.1 Å². The molecule has 0 aromatic carbocycles. The molecule has 0 aromatic rings. The number of rotatable bonds is 7. The highest BCUT2D eigenvalue weighted by Gasteiger charge is 2.23. The van der Waals surface area contributed by atoms with Gasteiger partial charge in [0.15, 0.2) is 3.74 Å². The van der Waals surface area contributed by atoms with E-state index in [0.717, 1.165) is 12.8 Å². The van der Waals surface area contributed by atoms with Crippen LogP contribution in [0, 0.1) is 0 Å². The Morgan fingerprint density at radius 3 is 2.25 bits per heavy atom. The molecule has 3 nitrogen and oxygen atoms in total. The zero-order valence-corrected chi connectivity index (χ0v) is 15.1. The third-order valence-corrected chi connectivity index (χ3v) is 3.84. The Morgan fingerprint density at radius 2 is 1.88 bits per heavy atom. The minimum atomic E-state index is -0.589. The van der Waals surface area contributed by atoms with E-state index < -0.39 is 9.84 Å². The Morgan fingerprint density at radius 1 is 1.31 bits per heavy atom. The second-order valence-electron chi connectivity index (χ2n) is 3.29. The number of alkyl halides is 4. The fourth-order valence-electron chi connectivity index (χ4n) is 1.13. The van der Waals surface area contributed by atoms with E-state index in [1.165, 1.54) is 0 Å². The third kappa shape index (κ3) is 7.63. The molecule has 0 aliphatic rings. The van der Waals surface area contributed by atoms with E-state index in [-0.39, 0.29) is 15.8 Å². The number of hydrogen-bond donors (Lipinski definition) is 1. The molecule has 7 heteroatoms. The molecule has 0 saturated carbocycles. The van der Waals surface area contributed by atoms with Crippen molar-refractivity contribution in [3.63, 3.8) is 0 Å². The second kappa shape index (κ2) is 9.30. The first kappa shape index (κ1) is 17.4. The van der Waals surface area contributed by atoms with Gasteiger partial charge >= 0.3 is 5.97 Å². The van der Waals surface area contributed by atoms with Crippen LogP contribution in [-0.4, -0.2) is 30.8 Å². The van der Waals surface area contributed by atoms with Gasteiger partial charge in [-0.2, -0.15) is 0 Å². The summed E-state index contributed by atoms with van der Waals surface area (Å²) in [4.78, 5) is 11.4. The molecular weight excluding hydrogens is 476 g/mol. The highest BCUT2D eigenvalue weighted by Crippen LogP contribution is 2.21.